The van der Waals surface area contributed by atoms with Crippen molar-refractivity contribution in [3.8, 4) is 5.75 Å². The molecule has 17 heavy (non-hydrogen) atoms. The summed E-state index contributed by atoms with van der Waals surface area (Å²) in [5.41, 5.74) is 0.759. The zero-order chi connectivity index (χ0) is 12.9. The largest absolute Gasteiger partial charge is 0.506 e. The van der Waals surface area contributed by atoms with Gasteiger partial charge in [-0.05, 0) is 35.0 Å². The molecule has 4 N–H and O–H groups in total. The summed E-state index contributed by atoms with van der Waals surface area (Å²) in [6, 6.07) is 5.37. The highest BCUT2D eigenvalue weighted by Gasteiger charge is 2.05. The lowest BCUT2D eigenvalue weighted by molar-refractivity contribution is 0.461. The molecule has 0 aliphatic heterocycles. The van der Waals surface area contributed by atoms with Gasteiger partial charge in [0.25, 0.3) is 0 Å². The summed E-state index contributed by atoms with van der Waals surface area (Å²) in [6.07, 6.45) is 0.452. The Morgan fingerprint density at radius 2 is 2.12 bits per heavy atom. The van der Waals surface area contributed by atoms with Crippen molar-refractivity contribution in [1.82, 2.24) is 5.32 Å². The van der Waals surface area contributed by atoms with Crippen LogP contribution in [0.1, 0.15) is 12.0 Å². The van der Waals surface area contributed by atoms with Gasteiger partial charge in [0.2, 0.25) is 10.0 Å². The van der Waals surface area contributed by atoms with Gasteiger partial charge in [0.15, 0.2) is 0 Å². The predicted molar refractivity (Wildman–Crippen MR) is 70.1 cm³/mol. The van der Waals surface area contributed by atoms with Crippen LogP contribution in [0.4, 0.5) is 0 Å². The minimum atomic E-state index is -3.38. The standard InChI is InChI=1S/C10H15BrN2O3S/c11-9-4-1-3-8(10(9)14)7-13-5-2-6-17(12,15)16/h1,3-4,13-14H,2,5-7H2,(H2,12,15,16). The summed E-state index contributed by atoms with van der Waals surface area (Å²) in [6.45, 7) is 1.01. The zero-order valence-corrected chi connectivity index (χ0v) is 11.6. The number of aromatic hydroxyl groups is 1. The monoisotopic (exact) mass is 322 g/mol. The van der Waals surface area contributed by atoms with Crippen molar-refractivity contribution in [2.45, 2.75) is 13.0 Å². The SMILES string of the molecule is NS(=O)(=O)CCCNCc1cccc(Br)c1O. The summed E-state index contributed by atoms with van der Waals surface area (Å²) in [5, 5.41) is 17.6. The van der Waals surface area contributed by atoms with Gasteiger partial charge in [-0.3, -0.25) is 0 Å². The van der Waals surface area contributed by atoms with E-state index >= 15 is 0 Å². The van der Waals surface area contributed by atoms with E-state index in [1.807, 2.05) is 6.07 Å². The number of sulfonamides is 1. The second-order valence-electron chi connectivity index (χ2n) is 3.64. The predicted octanol–water partition coefficient (Wildman–Crippen LogP) is 0.923. The fourth-order valence-electron chi connectivity index (χ4n) is 1.32. The van der Waals surface area contributed by atoms with Crippen LogP contribution < -0.4 is 10.5 Å². The van der Waals surface area contributed by atoms with E-state index in [-0.39, 0.29) is 11.5 Å². The Labute approximate surface area is 109 Å². The summed E-state index contributed by atoms with van der Waals surface area (Å²) in [7, 11) is -3.38. The minimum Gasteiger partial charge on any atom is -0.506 e. The maximum absolute atomic E-state index is 10.7. The molecule has 0 atom stereocenters. The summed E-state index contributed by atoms with van der Waals surface area (Å²) in [5.74, 6) is 0.163. The van der Waals surface area contributed by atoms with Crippen molar-refractivity contribution in [2.24, 2.45) is 5.14 Å². The highest BCUT2D eigenvalue weighted by Crippen LogP contribution is 2.26. The number of hydrogen-bond acceptors (Lipinski definition) is 4. The molecule has 96 valence electrons. The van der Waals surface area contributed by atoms with Crippen molar-refractivity contribution >= 4 is 26.0 Å². The lowest BCUT2D eigenvalue weighted by Gasteiger charge is -2.07. The zero-order valence-electron chi connectivity index (χ0n) is 9.19. The van der Waals surface area contributed by atoms with Crippen LogP contribution in [0, 0.1) is 0 Å². The number of primary sulfonamides is 1. The summed E-state index contributed by atoms with van der Waals surface area (Å²) < 4.78 is 22.0. The lowest BCUT2D eigenvalue weighted by atomic mass is 10.2. The molecule has 0 aliphatic carbocycles. The molecule has 1 aromatic carbocycles. The molecule has 0 aromatic heterocycles. The van der Waals surface area contributed by atoms with Gasteiger partial charge in [0, 0.05) is 12.1 Å². The van der Waals surface area contributed by atoms with Crippen LogP contribution in [0.5, 0.6) is 5.75 Å². The molecule has 0 saturated heterocycles. The molecule has 1 rings (SSSR count). The molecule has 0 unspecified atom stereocenters. The Morgan fingerprint density at radius 3 is 2.76 bits per heavy atom. The maximum atomic E-state index is 10.7. The second-order valence-corrected chi connectivity index (χ2v) is 6.23. The van der Waals surface area contributed by atoms with Gasteiger partial charge in [-0.25, -0.2) is 13.6 Å². The summed E-state index contributed by atoms with van der Waals surface area (Å²) >= 11 is 3.22. The van der Waals surface area contributed by atoms with Crippen LogP contribution in [0.3, 0.4) is 0 Å². The van der Waals surface area contributed by atoms with E-state index in [2.05, 4.69) is 21.2 Å². The average Bonchev–Trinajstić information content (AvgIpc) is 2.22. The number of nitrogens with one attached hydrogen (secondary N) is 1. The van der Waals surface area contributed by atoms with Gasteiger partial charge in [-0.1, -0.05) is 12.1 Å². The van der Waals surface area contributed by atoms with Crippen LogP contribution in [-0.4, -0.2) is 25.8 Å². The smallest absolute Gasteiger partial charge is 0.209 e. The molecule has 0 fully saturated rings. The molecular weight excluding hydrogens is 308 g/mol. The second kappa shape index (κ2) is 6.34. The number of phenolic OH excluding ortho intramolecular Hbond substituents is 1. The Balaban J connectivity index is 2.34. The summed E-state index contributed by atoms with van der Waals surface area (Å²) in [4.78, 5) is 0. The van der Waals surface area contributed by atoms with Gasteiger partial charge in [-0.15, -0.1) is 0 Å². The van der Waals surface area contributed by atoms with Gasteiger partial charge in [0.05, 0.1) is 10.2 Å². The molecule has 0 saturated carbocycles. The molecule has 0 radical (unpaired) electrons. The number of nitrogens with two attached hydrogens (primary N) is 1. The van der Waals surface area contributed by atoms with Crippen LogP contribution in [-0.2, 0) is 16.6 Å². The van der Waals surface area contributed by atoms with E-state index in [1.165, 1.54) is 0 Å². The topological polar surface area (TPSA) is 92.4 Å². The first kappa shape index (κ1) is 14.4. The number of benzene rings is 1. The lowest BCUT2D eigenvalue weighted by Crippen LogP contribution is -2.22. The third kappa shape index (κ3) is 5.49. The molecule has 0 bridgehead atoms. The van der Waals surface area contributed by atoms with Crippen molar-refractivity contribution in [3.63, 3.8) is 0 Å². The number of para-hydroxylation sites is 1. The number of rotatable bonds is 6. The van der Waals surface area contributed by atoms with Crippen LogP contribution in [0.25, 0.3) is 0 Å². The first-order valence-corrected chi connectivity index (χ1v) is 7.58. The quantitative estimate of drug-likeness (QED) is 0.679. The Kier molecular flexibility index (Phi) is 5.38. The third-order valence-corrected chi connectivity index (χ3v) is 3.67. The molecule has 0 heterocycles. The molecular formula is C10H15BrN2O3S. The molecule has 1 aromatic rings. The van der Waals surface area contributed by atoms with Gasteiger partial charge >= 0.3 is 0 Å². The van der Waals surface area contributed by atoms with Gasteiger partial charge in [-0.2, -0.15) is 0 Å². The molecule has 0 amide bonds. The highest BCUT2D eigenvalue weighted by atomic mass is 79.9. The van der Waals surface area contributed by atoms with Crippen molar-refractivity contribution in [3.05, 3.63) is 28.2 Å². The molecule has 0 aliphatic rings. The van der Waals surface area contributed by atoms with Crippen LogP contribution >= 0.6 is 15.9 Å². The van der Waals surface area contributed by atoms with E-state index < -0.39 is 10.0 Å². The average molecular weight is 323 g/mol. The van der Waals surface area contributed by atoms with Crippen molar-refractivity contribution in [1.29, 1.82) is 0 Å². The first-order chi connectivity index (χ1) is 7.90. The van der Waals surface area contributed by atoms with Crippen molar-refractivity contribution in [2.75, 3.05) is 12.3 Å². The molecule has 7 heteroatoms. The first-order valence-electron chi connectivity index (χ1n) is 5.07. The van der Waals surface area contributed by atoms with E-state index in [4.69, 9.17) is 5.14 Å². The molecule has 0 spiro atoms. The number of phenols is 1. The van der Waals surface area contributed by atoms with Gasteiger partial charge < -0.3 is 10.4 Å². The Hall–Kier alpha value is -0.630. The van der Waals surface area contributed by atoms with Gasteiger partial charge in [0.1, 0.15) is 5.75 Å². The number of halogens is 1. The minimum absolute atomic E-state index is 0.0372. The maximum Gasteiger partial charge on any atom is 0.209 e. The van der Waals surface area contributed by atoms with E-state index in [0.29, 0.717) is 24.0 Å². The van der Waals surface area contributed by atoms with Crippen LogP contribution in [0.15, 0.2) is 22.7 Å². The third-order valence-electron chi connectivity index (χ3n) is 2.17. The molecule has 5 nitrogen and oxygen atoms in total. The fourth-order valence-corrected chi connectivity index (χ4v) is 2.28. The highest BCUT2D eigenvalue weighted by molar-refractivity contribution is 9.10. The number of hydrogen-bond donors (Lipinski definition) is 3. The Morgan fingerprint density at radius 1 is 1.41 bits per heavy atom. The normalized spacial score (nSPS) is 11.6. The van der Waals surface area contributed by atoms with Crippen LogP contribution in [0.2, 0.25) is 0 Å². The van der Waals surface area contributed by atoms with Crippen molar-refractivity contribution < 1.29 is 13.5 Å². The van der Waals surface area contributed by atoms with E-state index in [9.17, 15) is 13.5 Å². The fraction of sp³-hybridized carbons (Fsp3) is 0.400. The van der Waals surface area contributed by atoms with E-state index in [1.54, 1.807) is 12.1 Å². The van der Waals surface area contributed by atoms with E-state index in [0.717, 1.165) is 5.56 Å². The Bertz CT molecular complexity index is 476.